The van der Waals surface area contributed by atoms with E-state index < -0.39 is 0 Å². The van der Waals surface area contributed by atoms with Gasteiger partial charge in [0.25, 0.3) is 0 Å². The van der Waals surface area contributed by atoms with Crippen molar-refractivity contribution < 1.29 is 5.48 Å². The fourth-order valence-electron chi connectivity index (χ4n) is 1.60. The van der Waals surface area contributed by atoms with E-state index in [2.05, 4.69) is 22.1 Å². The molecule has 3 heteroatoms. The Morgan fingerprint density at radius 1 is 0.800 bits per heavy atom. The van der Waals surface area contributed by atoms with Crippen molar-refractivity contribution >= 4 is 21.9 Å². The smallest absolute Gasteiger partial charge is 0.0894 e. The molecule has 0 saturated carbocycles. The first-order valence-electron chi connectivity index (χ1n) is 4.54. The number of para-hydroxylation sites is 1. The van der Waals surface area contributed by atoms with E-state index in [0.29, 0.717) is 0 Å². The van der Waals surface area contributed by atoms with Gasteiger partial charge in [-0.1, -0.05) is 18.2 Å². The van der Waals surface area contributed by atoms with Gasteiger partial charge in [0.2, 0.25) is 0 Å². The van der Waals surface area contributed by atoms with Crippen LogP contribution in [0.25, 0.3) is 21.9 Å². The average Bonchev–Trinajstić information content (AvgIpc) is 2.26. The lowest BCUT2D eigenvalue weighted by Gasteiger charge is -1.99. The molecule has 15 heavy (non-hydrogen) atoms. The van der Waals surface area contributed by atoms with Gasteiger partial charge < -0.3 is 5.48 Å². The van der Waals surface area contributed by atoms with Crippen LogP contribution < -0.4 is 0 Å². The van der Waals surface area contributed by atoms with Crippen LogP contribution in [0.3, 0.4) is 0 Å². The molecule has 0 saturated heterocycles. The minimum atomic E-state index is 0. The highest BCUT2D eigenvalue weighted by Gasteiger charge is 1.97. The Morgan fingerprint density at radius 2 is 1.60 bits per heavy atom. The number of aromatic nitrogens is 2. The van der Waals surface area contributed by atoms with E-state index in [1.54, 1.807) is 6.20 Å². The summed E-state index contributed by atoms with van der Waals surface area (Å²) >= 11 is 0. The molecule has 3 aromatic rings. The van der Waals surface area contributed by atoms with Crippen LogP contribution in [0, 0.1) is 0 Å². The van der Waals surface area contributed by atoms with Gasteiger partial charge in [0.1, 0.15) is 0 Å². The molecule has 0 radical (unpaired) electrons. The largest absolute Gasteiger partial charge is 0.412 e. The first-order chi connectivity index (χ1) is 6.93. The first-order valence-corrected chi connectivity index (χ1v) is 4.54. The Kier molecular flexibility index (Phi) is 2.31. The van der Waals surface area contributed by atoms with Crippen molar-refractivity contribution in [1.29, 1.82) is 0 Å². The van der Waals surface area contributed by atoms with Crippen molar-refractivity contribution in [2.45, 2.75) is 0 Å². The highest BCUT2D eigenvalue weighted by atomic mass is 16.0. The van der Waals surface area contributed by atoms with E-state index in [1.807, 2.05) is 30.3 Å². The lowest BCUT2D eigenvalue weighted by molar-refractivity contribution is 0.824. The van der Waals surface area contributed by atoms with Crippen molar-refractivity contribution in [1.82, 2.24) is 9.97 Å². The molecule has 2 heterocycles. The van der Waals surface area contributed by atoms with E-state index in [1.165, 1.54) is 0 Å². The van der Waals surface area contributed by atoms with Crippen LogP contribution >= 0.6 is 0 Å². The monoisotopic (exact) mass is 198 g/mol. The van der Waals surface area contributed by atoms with Crippen LogP contribution in [0.5, 0.6) is 0 Å². The van der Waals surface area contributed by atoms with E-state index in [-0.39, 0.29) is 5.48 Å². The minimum absolute atomic E-state index is 0. The number of pyridine rings is 2. The van der Waals surface area contributed by atoms with Gasteiger partial charge >= 0.3 is 0 Å². The maximum Gasteiger partial charge on any atom is 0.0894 e. The average molecular weight is 198 g/mol. The maximum absolute atomic E-state index is 4.52. The van der Waals surface area contributed by atoms with Crippen molar-refractivity contribution in [3.8, 4) is 0 Å². The summed E-state index contributed by atoms with van der Waals surface area (Å²) in [5.74, 6) is 0. The molecule has 0 aliphatic rings. The minimum Gasteiger partial charge on any atom is -0.412 e. The predicted octanol–water partition coefficient (Wildman–Crippen LogP) is 1.96. The van der Waals surface area contributed by atoms with Crippen molar-refractivity contribution in [2.75, 3.05) is 0 Å². The van der Waals surface area contributed by atoms with Gasteiger partial charge in [-0.25, -0.2) is 4.98 Å². The van der Waals surface area contributed by atoms with Gasteiger partial charge in [-0.3, -0.25) is 4.98 Å². The van der Waals surface area contributed by atoms with Crippen LogP contribution in [-0.2, 0) is 0 Å². The molecule has 0 spiro atoms. The Bertz CT molecular complexity index is 502. The van der Waals surface area contributed by atoms with Gasteiger partial charge in [0.05, 0.1) is 16.6 Å². The summed E-state index contributed by atoms with van der Waals surface area (Å²) in [6.45, 7) is 0. The fourth-order valence-corrected chi connectivity index (χ4v) is 1.60. The first kappa shape index (κ1) is 9.55. The molecule has 3 rings (SSSR count). The van der Waals surface area contributed by atoms with Crippen LogP contribution in [0.2, 0.25) is 0 Å². The van der Waals surface area contributed by atoms with Crippen LogP contribution in [0.4, 0.5) is 0 Å². The molecule has 2 N–H and O–H groups in total. The SMILES string of the molecule is O.c1ccc2nc3cccnc3cc2c1. The summed E-state index contributed by atoms with van der Waals surface area (Å²) in [6, 6.07) is 14.0. The van der Waals surface area contributed by atoms with E-state index >= 15 is 0 Å². The van der Waals surface area contributed by atoms with Crippen molar-refractivity contribution in [3.63, 3.8) is 0 Å². The molecule has 0 aliphatic heterocycles. The second-order valence-corrected chi connectivity index (χ2v) is 3.22. The van der Waals surface area contributed by atoms with Crippen LogP contribution in [-0.4, -0.2) is 15.4 Å². The lowest BCUT2D eigenvalue weighted by Crippen LogP contribution is -1.83. The summed E-state index contributed by atoms with van der Waals surface area (Å²) < 4.78 is 0. The quantitative estimate of drug-likeness (QED) is 0.518. The summed E-state index contributed by atoms with van der Waals surface area (Å²) in [7, 11) is 0. The molecule has 0 unspecified atom stereocenters. The molecular formula is C12H10N2O. The molecule has 0 atom stereocenters. The second kappa shape index (κ2) is 3.63. The molecule has 2 aromatic heterocycles. The number of hydrogen-bond acceptors (Lipinski definition) is 2. The lowest BCUT2D eigenvalue weighted by atomic mass is 10.2. The van der Waals surface area contributed by atoms with E-state index in [9.17, 15) is 0 Å². The Hall–Kier alpha value is -2.00. The summed E-state index contributed by atoms with van der Waals surface area (Å²) in [6.07, 6.45) is 1.79. The zero-order valence-electron chi connectivity index (χ0n) is 8.01. The zero-order chi connectivity index (χ0) is 9.38. The molecule has 74 valence electrons. The van der Waals surface area contributed by atoms with Crippen LogP contribution in [0.15, 0.2) is 48.7 Å². The third kappa shape index (κ3) is 1.53. The van der Waals surface area contributed by atoms with Gasteiger partial charge in [-0.05, 0) is 24.3 Å². The topological polar surface area (TPSA) is 57.3 Å². The van der Waals surface area contributed by atoms with Gasteiger partial charge in [0.15, 0.2) is 0 Å². The zero-order valence-corrected chi connectivity index (χ0v) is 8.01. The third-order valence-electron chi connectivity index (χ3n) is 2.29. The second-order valence-electron chi connectivity index (χ2n) is 3.22. The summed E-state index contributed by atoms with van der Waals surface area (Å²) in [5, 5.41) is 1.14. The molecule has 3 nitrogen and oxygen atoms in total. The number of benzene rings is 1. The molecule has 0 bridgehead atoms. The van der Waals surface area contributed by atoms with E-state index in [0.717, 1.165) is 21.9 Å². The number of hydrogen-bond donors (Lipinski definition) is 0. The highest BCUT2D eigenvalue weighted by molar-refractivity contribution is 5.90. The molecule has 0 amide bonds. The Labute approximate surface area is 86.7 Å². The van der Waals surface area contributed by atoms with Gasteiger partial charge in [0, 0.05) is 11.6 Å². The number of fused-ring (bicyclic) bond motifs is 2. The van der Waals surface area contributed by atoms with Crippen molar-refractivity contribution in [3.05, 3.63) is 48.7 Å². The summed E-state index contributed by atoms with van der Waals surface area (Å²) in [4.78, 5) is 8.78. The predicted molar refractivity (Wildman–Crippen MR) is 60.7 cm³/mol. The fraction of sp³-hybridized carbons (Fsp3) is 0. The number of rotatable bonds is 0. The maximum atomic E-state index is 4.52. The normalized spacial score (nSPS) is 10.1. The number of nitrogens with zero attached hydrogens (tertiary/aromatic N) is 2. The molecule has 0 aliphatic carbocycles. The molecular weight excluding hydrogens is 188 g/mol. The van der Waals surface area contributed by atoms with Gasteiger partial charge in [-0.15, -0.1) is 0 Å². The highest BCUT2D eigenvalue weighted by Crippen LogP contribution is 2.16. The van der Waals surface area contributed by atoms with Gasteiger partial charge in [-0.2, -0.15) is 0 Å². The molecule has 0 fully saturated rings. The summed E-state index contributed by atoms with van der Waals surface area (Å²) in [5.41, 5.74) is 2.92. The Morgan fingerprint density at radius 3 is 2.53 bits per heavy atom. The standard InChI is InChI=1S/C12H8N2.H2O/c1-2-5-10-9(4-1)8-12-11(14-10)6-3-7-13-12;/h1-8H;1H2. The van der Waals surface area contributed by atoms with Crippen LogP contribution in [0.1, 0.15) is 0 Å². The molecule has 1 aromatic carbocycles. The Balaban J connectivity index is 0.000000853. The third-order valence-corrected chi connectivity index (χ3v) is 2.29. The van der Waals surface area contributed by atoms with Crippen molar-refractivity contribution in [2.24, 2.45) is 0 Å². The van der Waals surface area contributed by atoms with E-state index in [4.69, 9.17) is 0 Å².